The third kappa shape index (κ3) is 39.9. The predicted octanol–water partition coefficient (Wildman–Crippen LogP) is 14.3. The van der Waals surface area contributed by atoms with E-state index in [0.29, 0.717) is 12.8 Å². The van der Waals surface area contributed by atoms with Gasteiger partial charge in [-0.2, -0.15) is 0 Å². The average Bonchev–Trinajstić information content (AvgIpc) is 3.42. The van der Waals surface area contributed by atoms with E-state index in [2.05, 4.69) is 74.7 Å². The standard InChI is InChI=1S/C65H111NO10/c1-4-7-10-13-16-19-22-25-27-28-29-30-31-33-34-37-40-43-46-49-52-58(69)64(73)66-56(57(68)51-48-45-42-39-36-24-21-18-15-12-9-6-3)55-74-65-63(62(72)61(71)59(54-67)75-65)76-60(70)53-50-47-44-41-38-35-32-26-23-20-17-14-11-8-5-2/h8,11,14,16-17,19-20,23,25-27,29-30,32,48,51,56-59,61-63,65,67-69,71-72H,4-7,9-10,12-13,15,18,21-22,24,28,31,33-47,49-50,52-55H2,1-3H3,(H,66,73)/b11-8+,17-14+,19-16-,23-20+,27-25-,30-29-,32-26-,51-48+. The van der Waals surface area contributed by atoms with Gasteiger partial charge in [0.25, 0.3) is 0 Å². The molecule has 8 unspecified atom stereocenters. The van der Waals surface area contributed by atoms with Crippen molar-refractivity contribution in [2.45, 2.75) is 288 Å². The number of hydrogen-bond acceptors (Lipinski definition) is 10. The van der Waals surface area contributed by atoms with Crippen molar-refractivity contribution in [1.29, 1.82) is 0 Å². The van der Waals surface area contributed by atoms with Crippen LogP contribution in [0.25, 0.3) is 0 Å². The number of esters is 1. The Morgan fingerprint density at radius 1 is 0.539 bits per heavy atom. The lowest BCUT2D eigenvalue weighted by atomic mass is 9.99. The summed E-state index contributed by atoms with van der Waals surface area (Å²) < 4.78 is 17.6. The summed E-state index contributed by atoms with van der Waals surface area (Å²) in [5.74, 6) is -1.23. The molecule has 6 N–H and O–H groups in total. The second kappa shape index (κ2) is 52.3. The maximum absolute atomic E-state index is 13.4. The van der Waals surface area contributed by atoms with E-state index >= 15 is 0 Å². The first-order chi connectivity index (χ1) is 37.2. The van der Waals surface area contributed by atoms with E-state index in [1.807, 2.05) is 42.5 Å². The van der Waals surface area contributed by atoms with E-state index in [9.17, 15) is 35.1 Å². The van der Waals surface area contributed by atoms with Gasteiger partial charge in [-0.15, -0.1) is 0 Å². The highest BCUT2D eigenvalue weighted by Crippen LogP contribution is 2.26. The van der Waals surface area contributed by atoms with Crippen molar-refractivity contribution in [2.75, 3.05) is 13.2 Å². The van der Waals surface area contributed by atoms with Crippen molar-refractivity contribution >= 4 is 11.9 Å². The molecule has 436 valence electrons. The molecule has 0 spiro atoms. The molecule has 1 amide bonds. The van der Waals surface area contributed by atoms with Crippen LogP contribution < -0.4 is 5.32 Å². The molecule has 11 heteroatoms. The molecule has 0 bridgehead atoms. The first-order valence-electron chi connectivity index (χ1n) is 30.6. The summed E-state index contributed by atoms with van der Waals surface area (Å²) >= 11 is 0. The van der Waals surface area contributed by atoms with Gasteiger partial charge < -0.3 is 45.1 Å². The number of allylic oxidation sites excluding steroid dienone is 15. The number of hydrogen-bond donors (Lipinski definition) is 6. The zero-order chi connectivity index (χ0) is 55.4. The van der Waals surface area contributed by atoms with E-state index in [-0.39, 0.29) is 19.4 Å². The van der Waals surface area contributed by atoms with Crippen molar-refractivity contribution < 1.29 is 49.3 Å². The van der Waals surface area contributed by atoms with Crippen LogP contribution in [0.1, 0.15) is 239 Å². The molecular weight excluding hydrogens is 955 g/mol. The summed E-state index contributed by atoms with van der Waals surface area (Å²) in [6.45, 7) is 5.59. The first kappa shape index (κ1) is 70.6. The minimum atomic E-state index is -1.63. The second-order valence-corrected chi connectivity index (χ2v) is 20.8. The largest absolute Gasteiger partial charge is 0.454 e. The lowest BCUT2D eigenvalue weighted by Crippen LogP contribution is -2.61. The number of ether oxygens (including phenoxy) is 3. The molecular formula is C65H111NO10. The Hall–Kier alpha value is -3.42. The summed E-state index contributed by atoms with van der Waals surface area (Å²) in [4.78, 5) is 26.5. The third-order valence-corrected chi connectivity index (χ3v) is 13.8. The van der Waals surface area contributed by atoms with Gasteiger partial charge in [-0.3, -0.25) is 9.59 Å². The van der Waals surface area contributed by atoms with E-state index < -0.39 is 67.4 Å². The van der Waals surface area contributed by atoms with Gasteiger partial charge in [0.05, 0.1) is 25.4 Å². The lowest BCUT2D eigenvalue weighted by molar-refractivity contribution is -0.305. The number of unbranched alkanes of at least 4 members (excludes halogenated alkanes) is 25. The predicted molar refractivity (Wildman–Crippen MR) is 315 cm³/mol. The number of nitrogens with one attached hydrogen (secondary N) is 1. The SMILES string of the molecule is CC/C=C/C=C/C=C/C=C\CCCCCCCC(=O)OC1C(OCC(NC(=O)C(O)CCCCCCCCC/C=C\C/C=C\C/C=C\CCCCC)C(O)/C=C/CCCCCCCCCCCC)OC(CO)C(O)C1O. The molecule has 1 fully saturated rings. The number of amides is 1. The highest BCUT2D eigenvalue weighted by Gasteiger charge is 2.47. The molecule has 0 aromatic rings. The van der Waals surface area contributed by atoms with Crippen molar-refractivity contribution in [2.24, 2.45) is 0 Å². The Morgan fingerprint density at radius 2 is 1.00 bits per heavy atom. The summed E-state index contributed by atoms with van der Waals surface area (Å²) in [6, 6.07) is -1.04. The van der Waals surface area contributed by atoms with Gasteiger partial charge in [0, 0.05) is 6.42 Å². The number of rotatable bonds is 50. The summed E-state index contributed by atoms with van der Waals surface area (Å²) in [5, 5.41) is 56.9. The topological polar surface area (TPSA) is 175 Å². The van der Waals surface area contributed by atoms with Gasteiger partial charge in [0.2, 0.25) is 5.91 Å². The molecule has 8 atom stereocenters. The highest BCUT2D eigenvalue weighted by atomic mass is 16.7. The zero-order valence-electron chi connectivity index (χ0n) is 48.1. The van der Waals surface area contributed by atoms with Gasteiger partial charge in [0.1, 0.15) is 24.4 Å². The van der Waals surface area contributed by atoms with Crippen molar-refractivity contribution in [3.8, 4) is 0 Å². The average molecular weight is 1070 g/mol. The number of aliphatic hydroxyl groups excluding tert-OH is 5. The Morgan fingerprint density at radius 3 is 1.57 bits per heavy atom. The van der Waals surface area contributed by atoms with Gasteiger partial charge in [-0.25, -0.2) is 0 Å². The van der Waals surface area contributed by atoms with Gasteiger partial charge in [0.15, 0.2) is 12.4 Å². The van der Waals surface area contributed by atoms with Gasteiger partial charge in [-0.05, 0) is 83.5 Å². The summed E-state index contributed by atoms with van der Waals surface area (Å²) in [7, 11) is 0. The van der Waals surface area contributed by atoms with Crippen LogP contribution in [0.2, 0.25) is 0 Å². The van der Waals surface area contributed by atoms with E-state index in [4.69, 9.17) is 14.2 Å². The molecule has 1 aliphatic rings. The Kier molecular flexibility index (Phi) is 48.6. The van der Waals surface area contributed by atoms with Crippen LogP contribution in [-0.2, 0) is 23.8 Å². The molecule has 1 aliphatic heterocycles. The Bertz CT molecular complexity index is 1600. The normalized spacial score (nSPS) is 19.8. The van der Waals surface area contributed by atoms with Crippen LogP contribution in [0.4, 0.5) is 0 Å². The number of carbonyl (C=O) groups excluding carboxylic acids is 2. The zero-order valence-corrected chi connectivity index (χ0v) is 48.1. The van der Waals surface area contributed by atoms with Crippen LogP contribution in [0.3, 0.4) is 0 Å². The molecule has 11 nitrogen and oxygen atoms in total. The third-order valence-electron chi connectivity index (χ3n) is 13.8. The molecule has 1 heterocycles. The molecule has 1 saturated heterocycles. The molecule has 0 saturated carbocycles. The Labute approximate surface area is 463 Å². The smallest absolute Gasteiger partial charge is 0.306 e. The highest BCUT2D eigenvalue weighted by molar-refractivity contribution is 5.80. The van der Waals surface area contributed by atoms with Crippen LogP contribution in [0, 0.1) is 0 Å². The molecule has 0 radical (unpaired) electrons. The number of carbonyl (C=O) groups is 2. The number of aliphatic hydroxyl groups is 5. The summed E-state index contributed by atoms with van der Waals surface area (Å²) in [5.41, 5.74) is 0. The summed E-state index contributed by atoms with van der Waals surface area (Å²) in [6.07, 6.45) is 58.7. The van der Waals surface area contributed by atoms with Crippen molar-refractivity contribution in [3.05, 3.63) is 97.2 Å². The Balaban J connectivity index is 2.71. The quantitative estimate of drug-likeness (QED) is 0.0149. The maximum Gasteiger partial charge on any atom is 0.306 e. The molecule has 0 aliphatic carbocycles. The van der Waals surface area contributed by atoms with Crippen molar-refractivity contribution in [1.82, 2.24) is 5.32 Å². The van der Waals surface area contributed by atoms with Crippen LogP contribution in [-0.4, -0.2) is 99.6 Å². The molecule has 0 aromatic heterocycles. The minimum absolute atomic E-state index is 0.0919. The van der Waals surface area contributed by atoms with Crippen LogP contribution in [0.15, 0.2) is 97.2 Å². The van der Waals surface area contributed by atoms with Crippen molar-refractivity contribution in [3.63, 3.8) is 0 Å². The molecule has 1 rings (SSSR count). The monoisotopic (exact) mass is 1070 g/mol. The van der Waals surface area contributed by atoms with E-state index in [0.717, 1.165) is 103 Å². The fourth-order valence-corrected chi connectivity index (χ4v) is 8.96. The minimum Gasteiger partial charge on any atom is -0.454 e. The molecule has 76 heavy (non-hydrogen) atoms. The first-order valence-corrected chi connectivity index (χ1v) is 30.6. The fourth-order valence-electron chi connectivity index (χ4n) is 8.96. The van der Waals surface area contributed by atoms with Crippen LogP contribution in [0.5, 0.6) is 0 Å². The maximum atomic E-state index is 13.4. The van der Waals surface area contributed by atoms with E-state index in [1.54, 1.807) is 6.08 Å². The molecule has 0 aromatic carbocycles. The van der Waals surface area contributed by atoms with Gasteiger partial charge >= 0.3 is 5.97 Å². The van der Waals surface area contributed by atoms with E-state index in [1.165, 1.54) is 89.9 Å². The lowest BCUT2D eigenvalue weighted by Gasteiger charge is -2.41. The fraction of sp³-hybridized carbons (Fsp3) is 0.723. The van der Waals surface area contributed by atoms with Crippen LogP contribution >= 0.6 is 0 Å². The van der Waals surface area contributed by atoms with Gasteiger partial charge in [-0.1, -0.05) is 246 Å². The second-order valence-electron chi connectivity index (χ2n) is 20.8.